The first-order valence-corrected chi connectivity index (χ1v) is 34.7. The molecule has 7 saturated heterocycles. The second-order valence-corrected chi connectivity index (χ2v) is 30.6. The molecule has 99 heavy (non-hydrogen) atoms. The summed E-state index contributed by atoms with van der Waals surface area (Å²) in [7, 11) is 2.36. The van der Waals surface area contributed by atoms with Gasteiger partial charge in [-0.15, -0.1) is 6.58 Å². The molecule has 15 N–H and O–H groups in total. The van der Waals surface area contributed by atoms with Gasteiger partial charge in [-0.3, -0.25) is 9.59 Å². The molecule has 7 heterocycles. The number of aliphatic hydroxyl groups is 15. The number of Topliss-reactive ketones (excluding diaryl/α,β-unsaturated/α-hetero) is 1. The zero-order valence-electron chi connectivity index (χ0n) is 57.4. The summed E-state index contributed by atoms with van der Waals surface area (Å²) >= 11 is 0. The third-order valence-electron chi connectivity index (χ3n) is 24.4. The van der Waals surface area contributed by atoms with Crippen LogP contribution in [0.3, 0.4) is 0 Å². The molecule has 0 aromatic heterocycles. The van der Waals surface area contributed by atoms with Crippen molar-refractivity contribution in [1.29, 1.82) is 0 Å². The van der Waals surface area contributed by atoms with E-state index in [1.165, 1.54) is 26.7 Å². The average molecular weight is 1420 g/mol. The van der Waals surface area contributed by atoms with Gasteiger partial charge < -0.3 is 148 Å². The van der Waals surface area contributed by atoms with Crippen LogP contribution < -0.4 is 0 Å². The van der Waals surface area contributed by atoms with E-state index in [9.17, 15) is 86.2 Å². The average Bonchev–Trinajstić information content (AvgIpc) is 1.51. The van der Waals surface area contributed by atoms with Crippen molar-refractivity contribution >= 4 is 11.8 Å². The lowest BCUT2D eigenvalue weighted by Crippen LogP contribution is -2.67. The van der Waals surface area contributed by atoms with Crippen LogP contribution >= 0.6 is 0 Å². The van der Waals surface area contributed by atoms with Crippen molar-refractivity contribution < 1.29 is 157 Å². The highest BCUT2D eigenvalue weighted by Crippen LogP contribution is 2.75. The highest BCUT2D eigenvalue weighted by molar-refractivity contribution is 5.99. The fourth-order valence-electron chi connectivity index (χ4n) is 19.0. The number of hydrogen-bond acceptors (Lipinski definition) is 32. The van der Waals surface area contributed by atoms with Gasteiger partial charge in [-0.1, -0.05) is 44.9 Å². The van der Waals surface area contributed by atoms with Crippen molar-refractivity contribution in [3.8, 4) is 0 Å². The third kappa shape index (κ3) is 13.4. The van der Waals surface area contributed by atoms with Crippen LogP contribution in [0.25, 0.3) is 0 Å². The highest BCUT2D eigenvalue weighted by Gasteiger charge is 2.79. The van der Waals surface area contributed by atoms with Crippen LogP contribution in [0, 0.1) is 39.4 Å². The fourth-order valence-corrected chi connectivity index (χ4v) is 19.0. The Hall–Kier alpha value is -2.54. The van der Waals surface area contributed by atoms with E-state index in [4.69, 9.17) is 71.1 Å². The minimum absolute atomic E-state index is 0.0488. The van der Waals surface area contributed by atoms with E-state index in [-0.39, 0.29) is 30.0 Å². The van der Waals surface area contributed by atoms with Crippen molar-refractivity contribution in [2.24, 2.45) is 39.4 Å². The van der Waals surface area contributed by atoms with Crippen LogP contribution in [0.4, 0.5) is 0 Å². The Bertz CT molecular complexity index is 2840. The Morgan fingerprint density at radius 3 is 1.54 bits per heavy atom. The molecule has 4 aliphatic carbocycles. The van der Waals surface area contributed by atoms with E-state index in [0.717, 1.165) is 18.4 Å². The molecule has 3 saturated carbocycles. The number of rotatable bonds is 22. The van der Waals surface area contributed by atoms with Crippen molar-refractivity contribution in [2.45, 2.75) is 296 Å². The number of aliphatic hydroxyl groups excluding tert-OH is 15. The van der Waals surface area contributed by atoms with Crippen LogP contribution in [-0.2, 0) is 80.6 Å². The monoisotopic (exact) mass is 1420 g/mol. The van der Waals surface area contributed by atoms with Gasteiger partial charge in [0.25, 0.3) is 0 Å². The Morgan fingerprint density at radius 2 is 1.03 bits per heavy atom. The van der Waals surface area contributed by atoms with Gasteiger partial charge in [0.1, 0.15) is 146 Å². The van der Waals surface area contributed by atoms with Crippen LogP contribution in [0.5, 0.6) is 0 Å². The zero-order valence-corrected chi connectivity index (χ0v) is 57.4. The number of carbonyl (C=O) groups excluding carboxylic acids is 2. The van der Waals surface area contributed by atoms with Crippen LogP contribution in [0.15, 0.2) is 23.8 Å². The quantitative estimate of drug-likeness (QED) is 0.0280. The summed E-state index contributed by atoms with van der Waals surface area (Å²) in [5.41, 5.74) is -1.63. The molecule has 32 heteroatoms. The molecule has 37 atom stereocenters. The molecular formula is C67H106O32. The number of fused-ring (bicyclic) bond motifs is 4. The molecule has 7 aliphatic heterocycles. The molecule has 0 bridgehead atoms. The number of ketones is 1. The van der Waals surface area contributed by atoms with Crippen LogP contribution in [0.1, 0.15) is 106 Å². The summed E-state index contributed by atoms with van der Waals surface area (Å²) < 4.78 is 90.1. The maximum Gasteiger partial charge on any atom is 0.314 e. The molecule has 0 aromatic rings. The largest absolute Gasteiger partial charge is 0.458 e. The van der Waals surface area contributed by atoms with E-state index >= 15 is 0 Å². The normalized spacial score (nSPS) is 52.1. The molecular weight excluding hydrogens is 1320 g/mol. The summed E-state index contributed by atoms with van der Waals surface area (Å²) in [4.78, 5) is 29.1. The van der Waals surface area contributed by atoms with Gasteiger partial charge in [0.15, 0.2) is 37.7 Å². The number of carbonyl (C=O) groups is 2. The third-order valence-corrected chi connectivity index (χ3v) is 24.4. The topological polar surface area (TPSA) is 476 Å². The molecule has 1 spiro atoms. The predicted octanol–water partition coefficient (Wildman–Crippen LogP) is -3.91. The summed E-state index contributed by atoms with van der Waals surface area (Å²) in [6.07, 6.45) is -42.8. The molecule has 10 fully saturated rings. The van der Waals surface area contributed by atoms with Gasteiger partial charge in [0, 0.05) is 20.6 Å². The van der Waals surface area contributed by atoms with E-state index in [2.05, 4.69) is 40.3 Å². The number of allylic oxidation sites excluding steroid dienone is 3. The van der Waals surface area contributed by atoms with Crippen LogP contribution in [0.2, 0.25) is 0 Å². The molecule has 566 valence electrons. The molecule has 0 radical (unpaired) electrons. The van der Waals surface area contributed by atoms with Gasteiger partial charge in [0.2, 0.25) is 0 Å². The first kappa shape index (κ1) is 77.6. The van der Waals surface area contributed by atoms with Gasteiger partial charge in [-0.25, -0.2) is 0 Å². The van der Waals surface area contributed by atoms with Crippen molar-refractivity contribution in [1.82, 2.24) is 0 Å². The molecule has 11 rings (SSSR count). The van der Waals surface area contributed by atoms with Crippen molar-refractivity contribution in [3.63, 3.8) is 0 Å². The maximum atomic E-state index is 14.6. The summed E-state index contributed by atoms with van der Waals surface area (Å²) in [6.45, 7) is 14.0. The van der Waals surface area contributed by atoms with Gasteiger partial charge >= 0.3 is 5.97 Å². The zero-order chi connectivity index (χ0) is 72.1. The minimum Gasteiger partial charge on any atom is -0.458 e. The first-order chi connectivity index (χ1) is 46.7. The number of esters is 1. The summed E-state index contributed by atoms with van der Waals surface area (Å²) in [6, 6.07) is 0. The smallest absolute Gasteiger partial charge is 0.314 e. The van der Waals surface area contributed by atoms with E-state index in [0.29, 0.717) is 38.5 Å². The Balaban J connectivity index is 0.837. The Kier molecular flexibility index (Phi) is 23.5. The van der Waals surface area contributed by atoms with Gasteiger partial charge in [-0.05, 0) is 100 Å². The first-order valence-electron chi connectivity index (χ1n) is 34.7. The standard InChI is InChI=1S/C67H106O32/c1-26(2)12-11-17-66(8)55-30(72)20-65(7)29-13-14-36-63(4,5)37(16-18-64(36,6)28(29)15-19-67(55,65)62(84)99-66)94-61-54(42(77)35(25-87-61)93-57-47(82)52(40(75)33(23-70)89-57)96-58-45(80)50(85-9)38(73)31(21-68)90-58)98-56-44(79)43(78)49(27(3)88-56)95-60-48(83)53(41(76)34(24-71)92-60)97-59-46(81)51(86-10)39(74)32(22-69)91-59/h15,27,29,31-61,68-71,73-83H,1,11-14,16-25H2,2-10H3. The van der Waals surface area contributed by atoms with Crippen molar-refractivity contribution in [2.75, 3.05) is 47.3 Å². The number of methoxy groups -OCH3 is 2. The number of cyclic esters (lactones) is 1. The molecule has 0 aromatic carbocycles. The molecule has 11 aliphatic rings. The second kappa shape index (κ2) is 30.0. The maximum absolute atomic E-state index is 14.6. The second-order valence-electron chi connectivity index (χ2n) is 30.6. The molecule has 0 amide bonds. The highest BCUT2D eigenvalue weighted by atomic mass is 16.8. The molecule has 37 unspecified atom stereocenters. The number of hydrogen-bond donors (Lipinski definition) is 15. The lowest BCUT2D eigenvalue weighted by molar-refractivity contribution is -0.397. The Morgan fingerprint density at radius 1 is 0.556 bits per heavy atom. The van der Waals surface area contributed by atoms with Crippen molar-refractivity contribution in [3.05, 3.63) is 23.8 Å². The lowest BCUT2D eigenvalue weighted by Gasteiger charge is -2.63. The van der Waals surface area contributed by atoms with Gasteiger partial charge in [0.05, 0.1) is 56.6 Å². The Labute approximate surface area is 573 Å². The predicted molar refractivity (Wildman–Crippen MR) is 331 cm³/mol. The lowest BCUT2D eigenvalue weighted by atomic mass is 9.41. The van der Waals surface area contributed by atoms with Crippen LogP contribution in [-0.4, -0.2) is 325 Å². The van der Waals surface area contributed by atoms with Gasteiger partial charge in [-0.2, -0.15) is 0 Å². The SMILES string of the molecule is C=C(C)CCCC1(C)OC(=O)C23CC=C4C(CCC5C4(C)CCC(OC4OCC(OC6OC(CO)C(O)C(OC7OC(CO)C(O)C(OC)C7O)C6O)C(O)C4OC4OC(C)C(OC6OC(CO)C(O)C(OC7OC(CO)C(O)C(OC)C7O)C6O)C(O)C4O)C5(C)C)C2(C)CC(=O)C13. The fraction of sp³-hybridized carbons (Fsp3) is 0.910. The number of ether oxygens (including phenoxy) is 15. The summed E-state index contributed by atoms with van der Waals surface area (Å²) in [5.74, 6) is -1.04. The molecule has 32 nitrogen and oxygen atoms in total. The van der Waals surface area contributed by atoms with E-state index in [1.807, 2.05) is 13.8 Å². The minimum atomic E-state index is -2.08. The van der Waals surface area contributed by atoms with E-state index in [1.54, 1.807) is 0 Å². The van der Waals surface area contributed by atoms with E-state index < -0.39 is 250 Å². The summed E-state index contributed by atoms with van der Waals surface area (Å²) in [5, 5.41) is 167.